The monoisotopic (exact) mass is 2190 g/mol. The van der Waals surface area contributed by atoms with Gasteiger partial charge < -0.3 is 0 Å². The summed E-state index contributed by atoms with van der Waals surface area (Å²) < 4.78 is 10.4. The predicted octanol–water partition coefficient (Wildman–Crippen LogP) is 21.6. The minimum atomic E-state index is -1.72. The Morgan fingerprint density at radius 1 is 0.304 bits per heavy atom. The first kappa shape index (κ1) is 95.4. The molecule has 590 valence electrons. The molecule has 0 N–H and O–H groups in total. The third kappa shape index (κ3) is 36.8. The van der Waals surface area contributed by atoms with Crippen LogP contribution < -0.4 is 0 Å². The van der Waals surface area contributed by atoms with E-state index in [1.54, 1.807) is 28.9 Å². The van der Waals surface area contributed by atoms with E-state index < -0.39 is 21.9 Å². The molecule has 9 heterocycles. The quantitative estimate of drug-likeness (QED) is 0.0331. The number of carbonyl (C=O) groups excluding carboxylic acids is 8. The summed E-state index contributed by atoms with van der Waals surface area (Å²) in [6.07, 6.45) is 59.9. The molecule has 9 aromatic rings. The van der Waals surface area contributed by atoms with Crippen LogP contribution in [0.2, 0.25) is 0 Å². The molecule has 9 aromatic heterocycles. The van der Waals surface area contributed by atoms with E-state index in [1.165, 1.54) is 30.9 Å². The van der Waals surface area contributed by atoms with E-state index >= 15 is 0 Å². The summed E-state index contributed by atoms with van der Waals surface area (Å²) in [6.45, 7) is 0. The Balaban J connectivity index is 0.000000164. The molecular weight excluding hydrogens is 2100 g/mol. The number of allylic oxidation sites excluding steroid dienone is 32. The fourth-order valence-corrected chi connectivity index (χ4v) is 24.8. The Bertz CT molecular complexity index is 4890. The first-order chi connectivity index (χ1) is 56.0. The van der Waals surface area contributed by atoms with Crippen LogP contribution in [0.4, 0.5) is 0 Å². The van der Waals surface area contributed by atoms with Gasteiger partial charge in [0, 0.05) is 25.7 Å². The fourth-order valence-electron chi connectivity index (χ4n) is 11.0. The summed E-state index contributed by atoms with van der Waals surface area (Å²) in [5.74, 6) is 0.715. The van der Waals surface area contributed by atoms with Crippen LogP contribution in [0.25, 0.3) is 37.2 Å². The van der Waals surface area contributed by atoms with Crippen molar-refractivity contribution in [2.45, 2.75) is 103 Å². The molecule has 8 nitrogen and oxygen atoms in total. The van der Waals surface area contributed by atoms with E-state index in [1.807, 2.05) is 117 Å². The van der Waals surface area contributed by atoms with Gasteiger partial charge in [0.25, 0.3) is 0 Å². The predicted molar refractivity (Wildman–Crippen MR) is 495 cm³/mol. The molecule has 0 bridgehead atoms. The average Bonchev–Trinajstić information content (AvgIpc) is 1.70. The van der Waals surface area contributed by atoms with Crippen molar-refractivity contribution in [2.24, 2.45) is 0 Å². The van der Waals surface area contributed by atoms with E-state index in [2.05, 4.69) is 189 Å². The molecule has 0 fully saturated rings. The van der Waals surface area contributed by atoms with Crippen molar-refractivity contribution < 1.29 is 38.4 Å². The van der Waals surface area contributed by atoms with Gasteiger partial charge in [0.05, 0.1) is 0 Å². The number of rotatable bonds is 24. The molecule has 8 aliphatic rings. The molecule has 17 rings (SSSR count). The van der Waals surface area contributed by atoms with Gasteiger partial charge in [-0.05, 0) is 53.6 Å². The van der Waals surface area contributed by atoms with Crippen LogP contribution >= 0.6 is 64.7 Å². The van der Waals surface area contributed by atoms with E-state index in [0.29, 0.717) is 111 Å². The molecule has 0 spiro atoms. The van der Waals surface area contributed by atoms with Crippen molar-refractivity contribution >= 4 is 265 Å². The molecule has 8 aliphatic carbocycles. The molecule has 0 atom stereocenters. The average molecular weight is 2180 g/mol. The number of carbonyl (C=O) groups is 8. The second-order valence-corrected chi connectivity index (χ2v) is 49.4. The molecule has 23 heteroatoms. The first-order valence-electron chi connectivity index (χ1n) is 36.7. The van der Waals surface area contributed by atoms with E-state index in [0.717, 1.165) is 81.4 Å². The zero-order chi connectivity index (χ0) is 81.6. The van der Waals surface area contributed by atoms with Gasteiger partial charge >= 0.3 is 551 Å². The van der Waals surface area contributed by atoms with E-state index in [9.17, 15) is 38.4 Å². The number of ketones is 6. The first-order valence-corrected chi connectivity index (χ1v) is 58.3. The summed E-state index contributed by atoms with van der Waals surface area (Å²) in [5, 5.41) is -1.06. The second-order valence-electron chi connectivity index (χ2n) is 25.1. The topological polar surface area (TPSA) is 137 Å². The number of halogens is 5. The Kier molecular flexibility index (Phi) is 46.2. The fraction of sp³-hybridized carbons (Fsp3) is 0.174. The SMILES string of the molecule is C1=C(c2ccc[se]2)CC(c2ccc[se]2)=C1.C1=CCC(c2ccc(-c3ccc[se]3)s2)=C1.C1=CCC(c2ccc(C3=CC=CC3)[se]2)=C1.C1=CCC=C1.O=C(CCC(=O)C1=CC=CC1)C1=CC=CC1.O=C(CCC(=O)c1ccc[se]1)C1=CC=CC1.O=C(CCC(=O)c1ccc[se]1)c1ccc[se]1.O=C(Cl)CCC(=O)Cl.[Cl][Al]([Cl])[Cl].c1cc[se]c1. The molecule has 0 saturated carbocycles. The number of hydrogen-bond acceptors (Lipinski definition) is 9. The van der Waals surface area contributed by atoms with Gasteiger partial charge in [-0.25, -0.2) is 30.1 Å². The van der Waals surface area contributed by atoms with Gasteiger partial charge in [0.1, 0.15) is 0 Å². The van der Waals surface area contributed by atoms with Crippen LogP contribution in [0.3, 0.4) is 0 Å². The van der Waals surface area contributed by atoms with Crippen LogP contribution in [0.1, 0.15) is 153 Å². The van der Waals surface area contributed by atoms with Crippen molar-refractivity contribution in [1.29, 1.82) is 0 Å². The maximum absolute atomic E-state index is 11.7. The zero-order valence-corrected chi connectivity index (χ0v) is 82.0. The van der Waals surface area contributed by atoms with Crippen molar-refractivity contribution in [1.82, 2.24) is 0 Å². The summed E-state index contributed by atoms with van der Waals surface area (Å²) in [5.41, 5.74) is 10.1. The van der Waals surface area contributed by atoms with Gasteiger partial charge in [-0.15, -0.1) is 0 Å². The summed E-state index contributed by atoms with van der Waals surface area (Å²) in [6, 6.07) is 38.0. The molecule has 0 amide bonds. The van der Waals surface area contributed by atoms with Crippen LogP contribution in [-0.4, -0.2) is 173 Å². The Hall–Kier alpha value is -5.12. The van der Waals surface area contributed by atoms with Crippen molar-refractivity contribution in [3.63, 3.8) is 0 Å². The van der Waals surface area contributed by atoms with Crippen molar-refractivity contribution in [2.75, 3.05) is 0 Å². The third-order valence-electron chi connectivity index (χ3n) is 16.9. The Morgan fingerprint density at radius 3 is 0.939 bits per heavy atom. The van der Waals surface area contributed by atoms with Crippen LogP contribution in [-0.2, 0) is 24.0 Å². The summed E-state index contributed by atoms with van der Waals surface area (Å²) >= 11 is 13.5. The maximum atomic E-state index is 11.7. The Labute approximate surface area is 753 Å². The van der Waals surface area contributed by atoms with Crippen LogP contribution in [0.15, 0.2) is 311 Å². The van der Waals surface area contributed by atoms with Gasteiger partial charge in [-0.2, -0.15) is 0 Å². The normalized spacial score (nSPS) is 14.0. The standard InChI is InChI=1S/C14H14O2.C14H12Se.C13H12O2Se.C13H10SSe.C13H10Se2.C12H10O2Se2.C5H6.C4H4Cl2O2.C4H4Se.Al.3ClH/c15-13(11-5-1-2-6-11)9-10-14(16)12-7-3-4-8-12;1-2-6-11(5-1)13-9-10-14(15-13)12-7-3-4-8-12;14-11(10-4-1-2-5-10)7-8-12(15)13-6-3-9-16-13;1-2-5-10(4-1)11-7-8-12(14-11)13-6-3-9-15-13;1-3-12(14-7-1)10-5-6-11(9-10)13-4-2-8-15-13;13-9(11-3-1-7-15-11)5-6-10(14)12-4-2-8-16-12;1-2-4-5-3-1;5-3(7)1-2-4(6)8;1-2-4-5-3-1;;;;/h1-5,7H,6,8-10H2;1-5,7,9-10H,6,8H2;1-4,6,9H,5,7-8H2;1-4,6-9H,5H2;1-8H,9H2;1-4,7-8H,5-6H2;1-4H,5H2;1-2H2;1-4H;;3*1H/q;;;;;;;;;+3;;;/p-3. The molecular formula is C92H82AlCl5O8SSe8. The molecule has 0 radical (unpaired) electrons. The number of hydrogen-bond donors (Lipinski definition) is 0. The van der Waals surface area contributed by atoms with E-state index in [4.69, 9.17) is 53.3 Å². The molecule has 115 heavy (non-hydrogen) atoms. The molecule has 0 saturated heterocycles. The molecule has 0 aliphatic heterocycles. The van der Waals surface area contributed by atoms with Gasteiger partial charge in [0.15, 0.2) is 11.6 Å². The van der Waals surface area contributed by atoms with Crippen molar-refractivity contribution in [3.05, 3.63) is 347 Å². The Morgan fingerprint density at radius 2 is 0.643 bits per heavy atom. The minimum absolute atomic E-state index is 0.0316. The van der Waals surface area contributed by atoms with Gasteiger partial charge in [-0.3, -0.25) is 19.2 Å². The van der Waals surface area contributed by atoms with Gasteiger partial charge in [-0.1, -0.05) is 60.8 Å². The molecule has 0 aromatic carbocycles. The van der Waals surface area contributed by atoms with E-state index in [-0.39, 0.29) is 91.1 Å². The summed E-state index contributed by atoms with van der Waals surface area (Å²) in [7, 11) is 14.8. The zero-order valence-electron chi connectivity index (χ0n) is 62.6. The van der Waals surface area contributed by atoms with Crippen molar-refractivity contribution in [3.8, 4) is 9.31 Å². The van der Waals surface area contributed by atoms with Crippen LogP contribution in [0.5, 0.6) is 0 Å². The number of thiophene rings is 1. The van der Waals surface area contributed by atoms with Crippen LogP contribution in [0, 0.1) is 0 Å². The second kappa shape index (κ2) is 55.7. The molecule has 0 unspecified atom stereocenters. The van der Waals surface area contributed by atoms with Gasteiger partial charge in [0.2, 0.25) is 10.5 Å². The number of Topliss-reactive ketones (excluding diaryl/α,β-unsaturated/α-hetero) is 6. The third-order valence-corrected chi connectivity index (χ3v) is 34.3. The summed E-state index contributed by atoms with van der Waals surface area (Å²) in [4.78, 5) is 110.